The van der Waals surface area contributed by atoms with Gasteiger partial charge in [0.15, 0.2) is 0 Å². The Morgan fingerprint density at radius 3 is 2.12 bits per heavy atom. The van der Waals surface area contributed by atoms with Gasteiger partial charge in [0.1, 0.15) is 5.76 Å². The maximum Gasteiger partial charge on any atom is 0.494 e. The fraction of sp³-hybridized carbons (Fsp3) is 0.323. The molecule has 208 valence electrons. The van der Waals surface area contributed by atoms with E-state index in [0.29, 0.717) is 5.56 Å². The summed E-state index contributed by atoms with van der Waals surface area (Å²) in [5, 5.41) is 1.68. The first kappa shape index (κ1) is 28.0. The molecule has 0 aliphatic carbocycles. The average Bonchev–Trinajstić information content (AvgIpc) is 3.45. The van der Waals surface area contributed by atoms with Crippen molar-refractivity contribution in [2.75, 3.05) is 0 Å². The van der Waals surface area contributed by atoms with Crippen LogP contribution in [0.5, 0.6) is 0 Å². The van der Waals surface area contributed by atoms with Gasteiger partial charge in [-0.1, -0.05) is 60.7 Å². The van der Waals surface area contributed by atoms with E-state index in [2.05, 4.69) is 0 Å². The highest BCUT2D eigenvalue weighted by molar-refractivity contribution is 6.62. The molecule has 0 unspecified atom stereocenters. The van der Waals surface area contributed by atoms with E-state index >= 15 is 0 Å². The molecule has 2 heterocycles. The minimum absolute atomic E-state index is 0.0485. The van der Waals surface area contributed by atoms with Crippen LogP contribution in [0.3, 0.4) is 0 Å². The maximum absolute atomic E-state index is 14.0. The average molecular weight is 549 g/mol. The van der Waals surface area contributed by atoms with Crippen molar-refractivity contribution in [2.24, 2.45) is 0 Å². The predicted molar refractivity (Wildman–Crippen MR) is 148 cm³/mol. The number of amides is 1. The minimum Gasteiger partial charge on any atom is -0.455 e. The number of alkyl halides is 3. The fourth-order valence-electron chi connectivity index (χ4n) is 4.81. The van der Waals surface area contributed by atoms with Crippen molar-refractivity contribution in [3.8, 4) is 0 Å². The van der Waals surface area contributed by atoms with Crippen LogP contribution in [0.25, 0.3) is 10.8 Å². The number of halogens is 3. The van der Waals surface area contributed by atoms with Gasteiger partial charge in [-0.05, 0) is 74.1 Å². The van der Waals surface area contributed by atoms with E-state index in [0.717, 1.165) is 33.4 Å². The molecular formula is C31H31BF3NO4. The first-order chi connectivity index (χ1) is 18.7. The summed E-state index contributed by atoms with van der Waals surface area (Å²) in [5.41, 5.74) is 1.97. The van der Waals surface area contributed by atoms with Gasteiger partial charge in [0.2, 0.25) is 5.76 Å². The van der Waals surface area contributed by atoms with E-state index < -0.39 is 30.3 Å². The quantitative estimate of drug-likeness (QED) is 0.246. The SMILES string of the molecule is Cc1ccc2ccccc2c1C(=O)N(Cc1ccc(B2OC(C)(C)C(C)(C)O2)cc1)Cc1ccc(C(F)(F)F)o1. The van der Waals surface area contributed by atoms with E-state index in [1.807, 2.05) is 95.3 Å². The van der Waals surface area contributed by atoms with Crippen molar-refractivity contribution in [1.82, 2.24) is 4.90 Å². The number of hydrogen-bond donors (Lipinski definition) is 0. The Kier molecular flexibility index (Phi) is 7.09. The topological polar surface area (TPSA) is 51.9 Å². The number of fused-ring (bicyclic) bond motifs is 1. The lowest BCUT2D eigenvalue weighted by molar-refractivity contribution is -0.153. The van der Waals surface area contributed by atoms with Crippen LogP contribution < -0.4 is 5.46 Å². The Hall–Kier alpha value is -3.56. The highest BCUT2D eigenvalue weighted by atomic mass is 19.4. The third kappa shape index (κ3) is 5.40. The number of furan rings is 1. The highest BCUT2D eigenvalue weighted by Crippen LogP contribution is 2.36. The van der Waals surface area contributed by atoms with Crippen molar-refractivity contribution in [2.45, 2.75) is 65.1 Å². The number of benzene rings is 3. The molecule has 4 aromatic rings. The summed E-state index contributed by atoms with van der Waals surface area (Å²) < 4.78 is 57.0. The number of rotatable bonds is 6. The molecule has 9 heteroatoms. The number of aryl methyl sites for hydroxylation is 1. The second-order valence-electron chi connectivity index (χ2n) is 11.2. The monoisotopic (exact) mass is 549 g/mol. The van der Waals surface area contributed by atoms with Gasteiger partial charge in [0.05, 0.1) is 23.3 Å². The van der Waals surface area contributed by atoms with Crippen molar-refractivity contribution in [1.29, 1.82) is 0 Å². The fourth-order valence-corrected chi connectivity index (χ4v) is 4.81. The molecule has 1 saturated heterocycles. The number of nitrogens with zero attached hydrogens (tertiary/aromatic N) is 1. The molecule has 1 fully saturated rings. The summed E-state index contributed by atoms with van der Waals surface area (Å²) in [6.07, 6.45) is -4.61. The van der Waals surface area contributed by atoms with Crippen LogP contribution in [0.15, 0.2) is 77.2 Å². The van der Waals surface area contributed by atoms with Crippen LogP contribution in [0.2, 0.25) is 0 Å². The Bertz CT molecular complexity index is 1530. The normalized spacial score (nSPS) is 16.4. The van der Waals surface area contributed by atoms with Crippen LogP contribution in [0.4, 0.5) is 13.2 Å². The van der Waals surface area contributed by atoms with Gasteiger partial charge in [-0.2, -0.15) is 13.2 Å². The molecule has 5 rings (SSSR count). The molecule has 1 aliphatic heterocycles. The zero-order chi connectivity index (χ0) is 28.9. The van der Waals surface area contributed by atoms with E-state index in [1.54, 1.807) is 0 Å². The number of carbonyl (C=O) groups excluding carboxylic acids is 1. The molecule has 0 N–H and O–H groups in total. The van der Waals surface area contributed by atoms with Gasteiger partial charge in [0.25, 0.3) is 5.91 Å². The van der Waals surface area contributed by atoms with Gasteiger partial charge < -0.3 is 18.6 Å². The molecule has 1 aliphatic rings. The van der Waals surface area contributed by atoms with E-state index in [4.69, 9.17) is 13.7 Å². The number of carbonyl (C=O) groups is 1. The summed E-state index contributed by atoms with van der Waals surface area (Å²) in [5.74, 6) is -1.34. The van der Waals surface area contributed by atoms with Crippen molar-refractivity contribution >= 4 is 29.3 Å². The number of hydrogen-bond acceptors (Lipinski definition) is 4. The van der Waals surface area contributed by atoms with Crippen LogP contribution in [0.1, 0.15) is 60.7 Å². The lowest BCUT2D eigenvalue weighted by Crippen LogP contribution is -2.41. The van der Waals surface area contributed by atoms with Crippen molar-refractivity contribution in [3.63, 3.8) is 0 Å². The molecule has 0 radical (unpaired) electrons. The van der Waals surface area contributed by atoms with Gasteiger partial charge in [-0.3, -0.25) is 4.79 Å². The molecular weight excluding hydrogens is 518 g/mol. The summed E-state index contributed by atoms with van der Waals surface area (Å²) in [4.78, 5) is 15.5. The van der Waals surface area contributed by atoms with Crippen LogP contribution in [-0.4, -0.2) is 29.1 Å². The van der Waals surface area contributed by atoms with Gasteiger partial charge >= 0.3 is 13.3 Å². The van der Waals surface area contributed by atoms with Crippen molar-refractivity contribution in [3.05, 3.63) is 101 Å². The molecule has 0 spiro atoms. The minimum atomic E-state index is -4.61. The van der Waals surface area contributed by atoms with Crippen LogP contribution in [-0.2, 0) is 28.6 Å². The summed E-state index contributed by atoms with van der Waals surface area (Å²) in [6.45, 7) is 9.82. The third-order valence-corrected chi connectivity index (χ3v) is 7.80. The summed E-state index contributed by atoms with van der Waals surface area (Å²) in [7, 11) is -0.529. The first-order valence-electron chi connectivity index (χ1n) is 13.1. The maximum atomic E-state index is 14.0. The highest BCUT2D eigenvalue weighted by Gasteiger charge is 2.51. The molecule has 5 nitrogen and oxygen atoms in total. The Balaban J connectivity index is 1.45. The Labute approximate surface area is 232 Å². The first-order valence-corrected chi connectivity index (χ1v) is 13.1. The van der Waals surface area contributed by atoms with Crippen molar-refractivity contribution < 1.29 is 31.7 Å². The second-order valence-corrected chi connectivity index (χ2v) is 11.2. The molecule has 40 heavy (non-hydrogen) atoms. The predicted octanol–water partition coefficient (Wildman–Crippen LogP) is 6.90. The molecule has 0 saturated carbocycles. The van der Waals surface area contributed by atoms with E-state index in [9.17, 15) is 18.0 Å². The smallest absolute Gasteiger partial charge is 0.455 e. The molecule has 1 aromatic heterocycles. The summed E-state index contributed by atoms with van der Waals surface area (Å²) >= 11 is 0. The lowest BCUT2D eigenvalue weighted by Gasteiger charge is -2.32. The summed E-state index contributed by atoms with van der Waals surface area (Å²) in [6, 6.07) is 21.1. The zero-order valence-electron chi connectivity index (χ0n) is 23.1. The van der Waals surface area contributed by atoms with Gasteiger partial charge in [-0.15, -0.1) is 0 Å². The molecule has 0 bridgehead atoms. The van der Waals surface area contributed by atoms with Crippen LogP contribution >= 0.6 is 0 Å². The van der Waals surface area contributed by atoms with Gasteiger partial charge in [-0.25, -0.2) is 0 Å². The van der Waals surface area contributed by atoms with E-state index in [1.165, 1.54) is 11.0 Å². The molecule has 0 atom stereocenters. The Morgan fingerprint density at radius 1 is 0.850 bits per heavy atom. The molecule has 1 amide bonds. The standard InChI is InChI=1S/C31H31BF3NO4/c1-20-10-13-22-8-6-7-9-25(22)27(20)28(37)36(19-24-16-17-26(38-24)31(33,34)35)18-21-11-14-23(15-12-21)32-39-29(2,3)30(4,5)40-32/h6-17H,18-19H2,1-5H3. The third-order valence-electron chi connectivity index (χ3n) is 7.80. The lowest BCUT2D eigenvalue weighted by atomic mass is 9.79. The van der Waals surface area contributed by atoms with E-state index in [-0.39, 0.29) is 24.8 Å². The Morgan fingerprint density at radius 2 is 1.50 bits per heavy atom. The largest absolute Gasteiger partial charge is 0.494 e. The second kappa shape index (κ2) is 10.1. The molecule has 3 aromatic carbocycles. The van der Waals surface area contributed by atoms with Crippen LogP contribution in [0, 0.1) is 6.92 Å². The van der Waals surface area contributed by atoms with Gasteiger partial charge in [0, 0.05) is 6.54 Å². The zero-order valence-corrected chi connectivity index (χ0v) is 23.1.